The van der Waals surface area contributed by atoms with Crippen LogP contribution in [0, 0.1) is 0 Å². The number of carbonyl (C=O) groups excluding carboxylic acids is 1. The van der Waals surface area contributed by atoms with Crippen molar-refractivity contribution in [2.75, 3.05) is 12.4 Å². The van der Waals surface area contributed by atoms with E-state index in [0.29, 0.717) is 5.13 Å². The predicted octanol–water partition coefficient (Wildman–Crippen LogP) is 4.67. The van der Waals surface area contributed by atoms with Crippen LogP contribution in [0.2, 0.25) is 0 Å². The first-order valence-electron chi connectivity index (χ1n) is 7.52. The van der Waals surface area contributed by atoms with E-state index in [1.807, 2.05) is 35.7 Å². The first kappa shape index (κ1) is 17.8. The van der Waals surface area contributed by atoms with Crippen LogP contribution < -0.4 is 14.8 Å². The fourth-order valence-electron chi connectivity index (χ4n) is 2.24. The highest BCUT2D eigenvalue weighted by Gasteiger charge is 2.15. The van der Waals surface area contributed by atoms with Gasteiger partial charge in [-0.25, -0.2) is 4.98 Å². The van der Waals surface area contributed by atoms with E-state index in [9.17, 15) is 13.6 Å². The number of benzene rings is 2. The lowest BCUT2D eigenvalue weighted by molar-refractivity contribution is -0.0512. The van der Waals surface area contributed by atoms with Crippen molar-refractivity contribution in [1.29, 1.82) is 0 Å². The molecule has 5 nitrogen and oxygen atoms in total. The Morgan fingerprint density at radius 1 is 1.15 bits per heavy atom. The van der Waals surface area contributed by atoms with Crippen molar-refractivity contribution in [3.8, 4) is 22.8 Å². The van der Waals surface area contributed by atoms with Gasteiger partial charge in [-0.3, -0.25) is 10.1 Å². The van der Waals surface area contributed by atoms with E-state index >= 15 is 0 Å². The molecule has 0 saturated heterocycles. The number of aromatic nitrogens is 1. The van der Waals surface area contributed by atoms with Gasteiger partial charge in [0.05, 0.1) is 12.8 Å². The molecule has 134 valence electrons. The number of carbonyl (C=O) groups is 1. The van der Waals surface area contributed by atoms with Gasteiger partial charge in [0.1, 0.15) is 0 Å². The van der Waals surface area contributed by atoms with Crippen molar-refractivity contribution in [2.45, 2.75) is 6.61 Å². The summed E-state index contributed by atoms with van der Waals surface area (Å²) >= 11 is 1.29. The fraction of sp³-hybridized carbons (Fsp3) is 0.111. The van der Waals surface area contributed by atoms with Gasteiger partial charge in [0.15, 0.2) is 16.6 Å². The van der Waals surface area contributed by atoms with E-state index in [2.05, 4.69) is 15.0 Å². The molecule has 26 heavy (non-hydrogen) atoms. The zero-order valence-electron chi connectivity index (χ0n) is 13.6. The van der Waals surface area contributed by atoms with Crippen molar-refractivity contribution in [2.24, 2.45) is 0 Å². The molecule has 2 aromatic carbocycles. The molecule has 0 aliphatic heterocycles. The maximum absolute atomic E-state index is 12.4. The highest BCUT2D eigenvalue weighted by atomic mass is 32.1. The third-order valence-corrected chi connectivity index (χ3v) is 4.19. The van der Waals surface area contributed by atoms with Gasteiger partial charge < -0.3 is 9.47 Å². The predicted molar refractivity (Wildman–Crippen MR) is 95.1 cm³/mol. The monoisotopic (exact) mass is 376 g/mol. The molecular formula is C18H14F2N2O3S. The standard InChI is InChI=1S/C18H14F2N2O3S/c1-24-15-9-12(7-8-14(15)25-17(19)20)16(23)22-18-21-13(10-26-18)11-5-3-2-4-6-11/h2-10,17H,1H3,(H,21,22,23). The van der Waals surface area contributed by atoms with Gasteiger partial charge in [0.2, 0.25) is 0 Å². The number of rotatable bonds is 6. The molecule has 0 radical (unpaired) electrons. The highest BCUT2D eigenvalue weighted by molar-refractivity contribution is 7.14. The molecule has 1 heterocycles. The largest absolute Gasteiger partial charge is 0.493 e. The second kappa shape index (κ2) is 7.92. The van der Waals surface area contributed by atoms with Gasteiger partial charge in [0.25, 0.3) is 5.91 Å². The summed E-state index contributed by atoms with van der Waals surface area (Å²) < 4.78 is 34.1. The molecule has 3 rings (SSSR count). The zero-order chi connectivity index (χ0) is 18.5. The Kier molecular flexibility index (Phi) is 5.43. The second-order valence-electron chi connectivity index (χ2n) is 5.10. The Bertz CT molecular complexity index is 900. The molecule has 0 aliphatic rings. The van der Waals surface area contributed by atoms with E-state index in [0.717, 1.165) is 11.3 Å². The van der Waals surface area contributed by atoms with Crippen LogP contribution in [0.15, 0.2) is 53.9 Å². The van der Waals surface area contributed by atoms with Crippen molar-refractivity contribution >= 4 is 22.4 Å². The summed E-state index contributed by atoms with van der Waals surface area (Å²) in [6, 6.07) is 13.5. The van der Waals surface area contributed by atoms with Gasteiger partial charge in [-0.1, -0.05) is 30.3 Å². The number of hydrogen-bond donors (Lipinski definition) is 1. The highest BCUT2D eigenvalue weighted by Crippen LogP contribution is 2.30. The van der Waals surface area contributed by atoms with Gasteiger partial charge in [0, 0.05) is 16.5 Å². The first-order valence-corrected chi connectivity index (χ1v) is 8.40. The maximum Gasteiger partial charge on any atom is 0.387 e. The Hall–Kier alpha value is -3.00. The third-order valence-electron chi connectivity index (χ3n) is 3.44. The van der Waals surface area contributed by atoms with Crippen molar-refractivity contribution in [3.05, 3.63) is 59.5 Å². The third kappa shape index (κ3) is 4.15. The number of alkyl halides is 2. The number of ether oxygens (including phenoxy) is 2. The summed E-state index contributed by atoms with van der Waals surface area (Å²) in [7, 11) is 1.31. The molecular weight excluding hydrogens is 362 g/mol. The molecule has 0 spiro atoms. The molecule has 1 amide bonds. The number of amides is 1. The van der Waals surface area contributed by atoms with Gasteiger partial charge in [-0.15, -0.1) is 11.3 Å². The van der Waals surface area contributed by atoms with E-state index in [1.165, 1.54) is 36.6 Å². The molecule has 1 aromatic heterocycles. The van der Waals surface area contributed by atoms with Gasteiger partial charge >= 0.3 is 6.61 Å². The molecule has 8 heteroatoms. The summed E-state index contributed by atoms with van der Waals surface area (Å²) in [5, 5.41) is 4.95. The molecule has 0 atom stereocenters. The average Bonchev–Trinajstić information content (AvgIpc) is 3.10. The summed E-state index contributed by atoms with van der Waals surface area (Å²) in [4.78, 5) is 16.7. The van der Waals surface area contributed by atoms with Crippen molar-refractivity contribution < 1.29 is 23.0 Å². The van der Waals surface area contributed by atoms with E-state index < -0.39 is 12.5 Å². The van der Waals surface area contributed by atoms with Crippen LogP contribution in [0.4, 0.5) is 13.9 Å². The number of methoxy groups -OCH3 is 1. The zero-order valence-corrected chi connectivity index (χ0v) is 14.4. The number of hydrogen-bond acceptors (Lipinski definition) is 5. The molecule has 3 aromatic rings. The van der Waals surface area contributed by atoms with Crippen LogP contribution in [0.5, 0.6) is 11.5 Å². The van der Waals surface area contributed by atoms with Crippen LogP contribution in [-0.4, -0.2) is 24.6 Å². The summed E-state index contributed by atoms with van der Waals surface area (Å²) in [6.45, 7) is -2.98. The minimum absolute atomic E-state index is 0.0436. The molecule has 0 aliphatic carbocycles. The lowest BCUT2D eigenvalue weighted by Crippen LogP contribution is -2.12. The lowest BCUT2D eigenvalue weighted by Gasteiger charge is -2.11. The Balaban J connectivity index is 1.75. The van der Waals surface area contributed by atoms with Crippen LogP contribution in [0.3, 0.4) is 0 Å². The molecule has 0 saturated carbocycles. The van der Waals surface area contributed by atoms with Crippen LogP contribution in [0.1, 0.15) is 10.4 Å². The van der Waals surface area contributed by atoms with Crippen LogP contribution in [0.25, 0.3) is 11.3 Å². The molecule has 0 unspecified atom stereocenters. The smallest absolute Gasteiger partial charge is 0.387 e. The molecule has 0 fully saturated rings. The average molecular weight is 376 g/mol. The Labute approximate surface area is 152 Å². The first-order chi connectivity index (χ1) is 12.6. The van der Waals surface area contributed by atoms with Crippen molar-refractivity contribution in [3.63, 3.8) is 0 Å². The van der Waals surface area contributed by atoms with Crippen molar-refractivity contribution in [1.82, 2.24) is 4.98 Å². The Morgan fingerprint density at radius 3 is 2.62 bits per heavy atom. The molecule has 0 bridgehead atoms. The number of halogens is 2. The lowest BCUT2D eigenvalue weighted by atomic mass is 10.2. The minimum atomic E-state index is -2.98. The topological polar surface area (TPSA) is 60.5 Å². The number of anilines is 1. The van der Waals surface area contributed by atoms with E-state index in [1.54, 1.807) is 0 Å². The summed E-state index contributed by atoms with van der Waals surface area (Å²) in [5.41, 5.74) is 1.93. The number of nitrogens with zero attached hydrogens (tertiary/aromatic N) is 1. The summed E-state index contributed by atoms with van der Waals surface area (Å²) in [6.07, 6.45) is 0. The Morgan fingerprint density at radius 2 is 1.92 bits per heavy atom. The van der Waals surface area contributed by atoms with Crippen LogP contribution in [-0.2, 0) is 0 Å². The fourth-order valence-corrected chi connectivity index (χ4v) is 2.96. The van der Waals surface area contributed by atoms with E-state index in [-0.39, 0.29) is 17.1 Å². The van der Waals surface area contributed by atoms with Gasteiger partial charge in [-0.05, 0) is 18.2 Å². The summed E-state index contributed by atoms with van der Waals surface area (Å²) in [5.74, 6) is -0.525. The van der Waals surface area contributed by atoms with Gasteiger partial charge in [-0.2, -0.15) is 8.78 Å². The minimum Gasteiger partial charge on any atom is -0.493 e. The van der Waals surface area contributed by atoms with Crippen LogP contribution >= 0.6 is 11.3 Å². The SMILES string of the molecule is COc1cc(C(=O)Nc2nc(-c3ccccc3)cs2)ccc1OC(F)F. The maximum atomic E-state index is 12.4. The number of thiazole rings is 1. The quantitative estimate of drug-likeness (QED) is 0.679. The normalized spacial score (nSPS) is 10.6. The second-order valence-corrected chi connectivity index (χ2v) is 5.96. The molecule has 1 N–H and O–H groups in total. The number of nitrogens with one attached hydrogen (secondary N) is 1. The van der Waals surface area contributed by atoms with E-state index in [4.69, 9.17) is 4.74 Å².